The highest BCUT2D eigenvalue weighted by atomic mass is 16.5. The third-order valence-corrected chi connectivity index (χ3v) is 2.81. The molecule has 0 atom stereocenters. The Morgan fingerprint density at radius 2 is 1.95 bits per heavy atom. The molecule has 0 bridgehead atoms. The largest absolute Gasteiger partial charge is 0.496 e. The molecule has 0 aliphatic carbocycles. The van der Waals surface area contributed by atoms with Crippen LogP contribution in [0.1, 0.15) is 24.2 Å². The van der Waals surface area contributed by atoms with Gasteiger partial charge in [-0.3, -0.25) is 4.79 Å². The summed E-state index contributed by atoms with van der Waals surface area (Å²) in [4.78, 5) is 16.4. The summed E-state index contributed by atoms with van der Waals surface area (Å²) in [6.45, 7) is 4.11. The van der Waals surface area contributed by atoms with Gasteiger partial charge in [0.25, 0.3) is 5.91 Å². The second-order valence-corrected chi connectivity index (χ2v) is 4.89. The molecule has 0 saturated heterocycles. The van der Waals surface area contributed by atoms with E-state index in [2.05, 4.69) is 29.5 Å². The number of carbonyl (C=O) groups is 1. The molecule has 0 unspecified atom stereocenters. The van der Waals surface area contributed by atoms with Gasteiger partial charge in [-0.15, -0.1) is 0 Å². The Morgan fingerprint density at radius 1 is 1.19 bits per heavy atom. The van der Waals surface area contributed by atoms with Crippen LogP contribution in [0.5, 0.6) is 5.75 Å². The van der Waals surface area contributed by atoms with Crippen molar-refractivity contribution in [3.05, 3.63) is 48.2 Å². The number of hydrogen-bond acceptors (Lipinski definition) is 4. The molecule has 1 aromatic carbocycles. The lowest BCUT2D eigenvalue weighted by atomic mass is 10.2. The minimum absolute atomic E-state index is 0.246. The van der Waals surface area contributed by atoms with Gasteiger partial charge in [0.2, 0.25) is 0 Å². The van der Waals surface area contributed by atoms with Crippen molar-refractivity contribution in [2.24, 2.45) is 0 Å². The molecule has 110 valence electrons. The number of para-hydroxylation sites is 1. The number of carbonyl (C=O) groups excluding carboxylic acids is 1. The zero-order valence-corrected chi connectivity index (χ0v) is 12.4. The Labute approximate surface area is 124 Å². The van der Waals surface area contributed by atoms with Crippen molar-refractivity contribution in [2.45, 2.75) is 19.9 Å². The minimum atomic E-state index is -0.246. The highest BCUT2D eigenvalue weighted by Gasteiger charge is 2.12. The number of methoxy groups -OCH3 is 1. The molecule has 1 aromatic heterocycles. The van der Waals surface area contributed by atoms with Gasteiger partial charge < -0.3 is 15.4 Å². The number of nitrogens with zero attached hydrogens (tertiary/aromatic N) is 1. The van der Waals surface area contributed by atoms with Crippen LogP contribution < -0.4 is 15.4 Å². The standard InChI is InChI=1S/C16H19N3O2/c1-11(2)18-12-8-9-15(17-10-12)19-16(20)13-6-4-5-7-14(13)21-3/h4-11,18H,1-3H3,(H,17,19,20). The van der Waals surface area contributed by atoms with E-state index >= 15 is 0 Å². The van der Waals surface area contributed by atoms with Crippen LogP contribution in [-0.2, 0) is 0 Å². The van der Waals surface area contributed by atoms with Gasteiger partial charge >= 0.3 is 0 Å². The Morgan fingerprint density at radius 3 is 2.57 bits per heavy atom. The number of aromatic nitrogens is 1. The summed E-state index contributed by atoms with van der Waals surface area (Å²) in [5, 5.41) is 6.00. The Hall–Kier alpha value is -2.56. The van der Waals surface area contributed by atoms with E-state index in [1.165, 1.54) is 7.11 Å². The molecular weight excluding hydrogens is 266 g/mol. The number of anilines is 2. The van der Waals surface area contributed by atoms with Crippen molar-refractivity contribution in [2.75, 3.05) is 17.7 Å². The van der Waals surface area contributed by atoms with Crippen molar-refractivity contribution in [1.29, 1.82) is 0 Å². The average molecular weight is 285 g/mol. The maximum atomic E-state index is 12.2. The molecule has 1 amide bonds. The van der Waals surface area contributed by atoms with Crippen LogP contribution in [0.4, 0.5) is 11.5 Å². The van der Waals surface area contributed by atoms with E-state index in [0.717, 1.165) is 5.69 Å². The van der Waals surface area contributed by atoms with Crippen LogP contribution in [0.3, 0.4) is 0 Å². The van der Waals surface area contributed by atoms with Crippen LogP contribution in [0.2, 0.25) is 0 Å². The number of benzene rings is 1. The third kappa shape index (κ3) is 3.95. The van der Waals surface area contributed by atoms with Crippen molar-refractivity contribution in [3.8, 4) is 5.75 Å². The fourth-order valence-corrected chi connectivity index (χ4v) is 1.90. The van der Waals surface area contributed by atoms with E-state index in [4.69, 9.17) is 4.74 Å². The first-order valence-corrected chi connectivity index (χ1v) is 6.77. The number of pyridine rings is 1. The normalized spacial score (nSPS) is 10.3. The topological polar surface area (TPSA) is 63.2 Å². The Balaban J connectivity index is 2.09. The van der Waals surface area contributed by atoms with Gasteiger partial charge in [0.1, 0.15) is 11.6 Å². The van der Waals surface area contributed by atoms with E-state index < -0.39 is 0 Å². The zero-order chi connectivity index (χ0) is 15.2. The molecule has 0 radical (unpaired) electrons. The number of nitrogens with one attached hydrogen (secondary N) is 2. The molecule has 0 saturated carbocycles. The van der Waals surface area contributed by atoms with Gasteiger partial charge in [-0.25, -0.2) is 4.98 Å². The van der Waals surface area contributed by atoms with Crippen LogP contribution in [0.15, 0.2) is 42.6 Å². The lowest BCUT2D eigenvalue weighted by Gasteiger charge is -2.11. The average Bonchev–Trinajstić information content (AvgIpc) is 2.48. The minimum Gasteiger partial charge on any atom is -0.496 e. The maximum Gasteiger partial charge on any atom is 0.260 e. The second-order valence-electron chi connectivity index (χ2n) is 4.89. The van der Waals surface area contributed by atoms with E-state index in [-0.39, 0.29) is 5.91 Å². The van der Waals surface area contributed by atoms with Crippen LogP contribution >= 0.6 is 0 Å². The fraction of sp³-hybridized carbons (Fsp3) is 0.250. The van der Waals surface area contributed by atoms with Gasteiger partial charge in [0.05, 0.1) is 24.6 Å². The SMILES string of the molecule is COc1ccccc1C(=O)Nc1ccc(NC(C)C)cn1. The smallest absolute Gasteiger partial charge is 0.260 e. The quantitative estimate of drug-likeness (QED) is 0.885. The molecule has 2 N–H and O–H groups in total. The van der Waals surface area contributed by atoms with Crippen molar-refractivity contribution < 1.29 is 9.53 Å². The summed E-state index contributed by atoms with van der Waals surface area (Å²) in [6, 6.07) is 11.0. The molecule has 21 heavy (non-hydrogen) atoms. The third-order valence-electron chi connectivity index (χ3n) is 2.81. The molecule has 0 spiro atoms. The molecule has 0 aliphatic rings. The summed E-state index contributed by atoms with van der Waals surface area (Å²) in [5.41, 5.74) is 1.39. The molecule has 1 heterocycles. The lowest BCUT2D eigenvalue weighted by Crippen LogP contribution is -2.14. The maximum absolute atomic E-state index is 12.2. The summed E-state index contributed by atoms with van der Waals surface area (Å²) >= 11 is 0. The first-order valence-electron chi connectivity index (χ1n) is 6.77. The van der Waals surface area contributed by atoms with Crippen LogP contribution in [-0.4, -0.2) is 24.0 Å². The first-order chi connectivity index (χ1) is 10.1. The number of rotatable bonds is 5. The second kappa shape index (κ2) is 6.74. The van der Waals surface area contributed by atoms with Gasteiger partial charge in [-0.2, -0.15) is 0 Å². The molecule has 5 heteroatoms. The predicted octanol–water partition coefficient (Wildman–Crippen LogP) is 3.16. The molecule has 0 fully saturated rings. The Kier molecular flexibility index (Phi) is 4.77. The lowest BCUT2D eigenvalue weighted by molar-refractivity contribution is 0.102. The number of ether oxygens (including phenoxy) is 1. The predicted molar refractivity (Wildman–Crippen MR) is 83.9 cm³/mol. The monoisotopic (exact) mass is 285 g/mol. The molecule has 2 rings (SSSR count). The van der Waals surface area contributed by atoms with Crippen LogP contribution in [0, 0.1) is 0 Å². The van der Waals surface area contributed by atoms with Gasteiger partial charge in [0.15, 0.2) is 0 Å². The van der Waals surface area contributed by atoms with Crippen molar-refractivity contribution in [1.82, 2.24) is 4.98 Å². The molecular formula is C16H19N3O2. The number of amides is 1. The van der Waals surface area contributed by atoms with Crippen LogP contribution in [0.25, 0.3) is 0 Å². The van der Waals surface area contributed by atoms with Gasteiger partial charge in [-0.05, 0) is 38.1 Å². The van der Waals surface area contributed by atoms with E-state index in [9.17, 15) is 4.79 Å². The molecule has 5 nitrogen and oxygen atoms in total. The Bertz CT molecular complexity index is 609. The van der Waals surface area contributed by atoms with Crippen molar-refractivity contribution in [3.63, 3.8) is 0 Å². The van der Waals surface area contributed by atoms with Crippen molar-refractivity contribution >= 4 is 17.4 Å². The highest BCUT2D eigenvalue weighted by Crippen LogP contribution is 2.19. The fourth-order valence-electron chi connectivity index (χ4n) is 1.90. The molecule has 2 aromatic rings. The summed E-state index contributed by atoms with van der Waals surface area (Å²) in [7, 11) is 1.54. The zero-order valence-electron chi connectivity index (χ0n) is 12.4. The number of hydrogen-bond donors (Lipinski definition) is 2. The van der Waals surface area contributed by atoms with E-state index in [1.807, 2.05) is 12.1 Å². The van der Waals surface area contributed by atoms with E-state index in [1.54, 1.807) is 30.5 Å². The summed E-state index contributed by atoms with van der Waals surface area (Å²) in [5.74, 6) is 0.790. The molecule has 0 aliphatic heterocycles. The van der Waals surface area contributed by atoms with E-state index in [0.29, 0.717) is 23.2 Å². The first kappa shape index (κ1) is 14.8. The highest BCUT2D eigenvalue weighted by molar-refractivity contribution is 6.05. The van der Waals surface area contributed by atoms with Gasteiger partial charge in [-0.1, -0.05) is 12.1 Å². The van der Waals surface area contributed by atoms with Gasteiger partial charge in [0, 0.05) is 6.04 Å². The summed E-state index contributed by atoms with van der Waals surface area (Å²) in [6.07, 6.45) is 1.69. The summed E-state index contributed by atoms with van der Waals surface area (Å²) < 4.78 is 5.18.